The van der Waals surface area contributed by atoms with E-state index in [4.69, 9.17) is 9.72 Å². The highest BCUT2D eigenvalue weighted by Crippen LogP contribution is 2.39. The van der Waals surface area contributed by atoms with E-state index in [1.807, 2.05) is 13.0 Å². The number of anilines is 1. The van der Waals surface area contributed by atoms with Crippen molar-refractivity contribution >= 4 is 11.7 Å². The summed E-state index contributed by atoms with van der Waals surface area (Å²) in [7, 11) is 1.44. The molecule has 5 heterocycles. The van der Waals surface area contributed by atoms with Gasteiger partial charge in [0.2, 0.25) is 11.8 Å². The molecule has 0 bridgehead atoms. The van der Waals surface area contributed by atoms with Crippen molar-refractivity contribution in [2.45, 2.75) is 50.9 Å². The summed E-state index contributed by atoms with van der Waals surface area (Å²) in [4.78, 5) is 27.8. The van der Waals surface area contributed by atoms with Gasteiger partial charge in [-0.1, -0.05) is 0 Å². The lowest BCUT2D eigenvalue weighted by molar-refractivity contribution is -0.274. The van der Waals surface area contributed by atoms with E-state index in [2.05, 4.69) is 20.0 Å². The number of aryl methyl sites for hydroxylation is 2. The first-order chi connectivity index (χ1) is 18.5. The van der Waals surface area contributed by atoms with E-state index in [0.717, 1.165) is 36.4 Å². The molecule has 1 spiro atoms. The van der Waals surface area contributed by atoms with Crippen molar-refractivity contribution in [3.8, 4) is 22.9 Å². The molecule has 1 amide bonds. The molecule has 2 atom stereocenters. The molecule has 0 aromatic carbocycles. The monoisotopic (exact) mass is 545 g/mol. The fourth-order valence-electron chi connectivity index (χ4n) is 5.28. The van der Waals surface area contributed by atoms with Gasteiger partial charge in [0.25, 0.3) is 0 Å². The maximum absolute atomic E-state index is 14.4. The number of nitrogens with zero attached hydrogens (tertiary/aromatic N) is 4. The van der Waals surface area contributed by atoms with Gasteiger partial charge < -0.3 is 19.7 Å². The molecule has 8 nitrogen and oxygen atoms in total. The van der Waals surface area contributed by atoms with E-state index in [1.54, 1.807) is 11.8 Å². The van der Waals surface area contributed by atoms with E-state index in [0.29, 0.717) is 36.7 Å². The van der Waals surface area contributed by atoms with Crippen LogP contribution in [-0.4, -0.2) is 57.9 Å². The number of hydrogen-bond donors (Lipinski definition) is 1. The number of carbonyl (C=O) groups is 1. The highest BCUT2D eigenvalue weighted by atomic mass is 19.4. The fraction of sp³-hybridized carbons (Fsp3) is 0.407. The molecule has 0 radical (unpaired) electrons. The molecule has 2 aliphatic rings. The number of aromatic nitrogens is 3. The summed E-state index contributed by atoms with van der Waals surface area (Å²) in [5.74, 6) is -0.851. The van der Waals surface area contributed by atoms with Crippen LogP contribution in [0.15, 0.2) is 36.7 Å². The van der Waals surface area contributed by atoms with Gasteiger partial charge in [-0.3, -0.25) is 9.78 Å². The second-order valence-electron chi connectivity index (χ2n) is 9.94. The molecule has 1 saturated heterocycles. The quantitative estimate of drug-likeness (QED) is 0.450. The SMILES string of the molecule is COc1cc([C@@H](C)C(=O)N2CC[C@@]3(CCc4cc(-c5ccc(OC(F)(F)F)cn5)c(C)nc4N3)C2)c(F)cn1. The molecule has 12 heteroatoms. The molecule has 0 aliphatic carbocycles. The lowest BCUT2D eigenvalue weighted by Gasteiger charge is -2.36. The molecule has 3 aromatic rings. The number of nitrogens with one attached hydrogen (secondary N) is 1. The summed E-state index contributed by atoms with van der Waals surface area (Å²) in [6.07, 6.45) is -0.510. The molecule has 0 saturated carbocycles. The minimum absolute atomic E-state index is 0.171. The number of ether oxygens (including phenoxy) is 2. The zero-order valence-electron chi connectivity index (χ0n) is 21.6. The Bertz CT molecular complexity index is 1400. The molecule has 5 rings (SSSR count). The molecular formula is C27H27F4N5O3. The Hall–Kier alpha value is -3.96. The first-order valence-corrected chi connectivity index (χ1v) is 12.5. The summed E-state index contributed by atoms with van der Waals surface area (Å²) in [6, 6.07) is 6.09. The number of pyridine rings is 3. The minimum atomic E-state index is -4.78. The van der Waals surface area contributed by atoms with Crippen LogP contribution >= 0.6 is 0 Å². The number of fused-ring (bicyclic) bond motifs is 1. The summed E-state index contributed by atoms with van der Waals surface area (Å²) < 4.78 is 60.8. The van der Waals surface area contributed by atoms with Crippen LogP contribution in [0.2, 0.25) is 0 Å². The molecule has 0 unspecified atom stereocenters. The first-order valence-electron chi connectivity index (χ1n) is 12.5. The van der Waals surface area contributed by atoms with Crippen LogP contribution in [0.1, 0.15) is 42.5 Å². The van der Waals surface area contributed by atoms with Crippen LogP contribution in [-0.2, 0) is 11.2 Å². The average molecular weight is 546 g/mol. The molecule has 1 fully saturated rings. The first kappa shape index (κ1) is 26.6. The Morgan fingerprint density at radius 2 is 1.97 bits per heavy atom. The van der Waals surface area contributed by atoms with Crippen LogP contribution in [0.25, 0.3) is 11.3 Å². The Balaban J connectivity index is 1.30. The predicted octanol–water partition coefficient (Wildman–Crippen LogP) is 5.03. The summed E-state index contributed by atoms with van der Waals surface area (Å²) in [5, 5.41) is 3.55. The number of alkyl halides is 3. The molecule has 1 N–H and O–H groups in total. The smallest absolute Gasteiger partial charge is 0.481 e. The van der Waals surface area contributed by atoms with E-state index >= 15 is 0 Å². The van der Waals surface area contributed by atoms with Gasteiger partial charge in [0.1, 0.15) is 17.4 Å². The van der Waals surface area contributed by atoms with Gasteiger partial charge in [0.05, 0.1) is 36.7 Å². The van der Waals surface area contributed by atoms with E-state index in [9.17, 15) is 22.4 Å². The number of rotatable bonds is 5. The third-order valence-electron chi connectivity index (χ3n) is 7.37. The number of amides is 1. The molecule has 2 aliphatic heterocycles. The molecule has 39 heavy (non-hydrogen) atoms. The van der Waals surface area contributed by atoms with Crippen LogP contribution in [0.5, 0.6) is 11.6 Å². The number of carbonyl (C=O) groups excluding carboxylic acids is 1. The number of halogens is 4. The Kier molecular flexibility index (Phi) is 6.81. The van der Waals surface area contributed by atoms with Crippen molar-refractivity contribution in [3.05, 3.63) is 59.3 Å². The average Bonchev–Trinajstić information content (AvgIpc) is 3.30. The van der Waals surface area contributed by atoms with Gasteiger partial charge >= 0.3 is 6.36 Å². The number of methoxy groups -OCH3 is 1. The summed E-state index contributed by atoms with van der Waals surface area (Å²) >= 11 is 0. The van der Waals surface area contributed by atoms with Gasteiger partial charge in [-0.2, -0.15) is 0 Å². The van der Waals surface area contributed by atoms with Gasteiger partial charge in [-0.25, -0.2) is 14.4 Å². The predicted molar refractivity (Wildman–Crippen MR) is 134 cm³/mol. The van der Waals surface area contributed by atoms with Crippen molar-refractivity contribution in [2.24, 2.45) is 0 Å². The van der Waals surface area contributed by atoms with E-state index in [1.165, 1.54) is 25.3 Å². The largest absolute Gasteiger partial charge is 0.573 e. The van der Waals surface area contributed by atoms with Gasteiger partial charge in [0, 0.05) is 36.0 Å². The van der Waals surface area contributed by atoms with Crippen LogP contribution < -0.4 is 14.8 Å². The zero-order valence-corrected chi connectivity index (χ0v) is 21.6. The van der Waals surface area contributed by atoms with Crippen LogP contribution in [0, 0.1) is 12.7 Å². The van der Waals surface area contributed by atoms with Gasteiger partial charge in [-0.15, -0.1) is 13.2 Å². The highest BCUT2D eigenvalue weighted by molar-refractivity contribution is 5.84. The van der Waals surface area contributed by atoms with Crippen molar-refractivity contribution in [2.75, 3.05) is 25.5 Å². The van der Waals surface area contributed by atoms with Crippen molar-refractivity contribution < 1.29 is 31.8 Å². The van der Waals surface area contributed by atoms with Crippen molar-refractivity contribution in [1.29, 1.82) is 0 Å². The standard InChI is InChI=1S/C27H27F4N5O3/c1-15(19-11-23(38-3)33-13-21(19)28)25(37)36-9-8-26(14-36)7-6-17-10-20(16(2)34-24(17)35-26)22-5-4-18(12-32-22)39-27(29,30)31/h4-5,10-13,15H,6-9,14H2,1-3H3,(H,34,35)/t15-,26+/m1/s1. The summed E-state index contributed by atoms with van der Waals surface area (Å²) in [5.41, 5.74) is 2.72. The van der Waals surface area contributed by atoms with Crippen molar-refractivity contribution in [1.82, 2.24) is 19.9 Å². The van der Waals surface area contributed by atoms with Crippen molar-refractivity contribution in [3.63, 3.8) is 0 Å². The lowest BCUT2D eigenvalue weighted by Crippen LogP contribution is -2.46. The molecule has 3 aromatic heterocycles. The van der Waals surface area contributed by atoms with Crippen LogP contribution in [0.3, 0.4) is 0 Å². The van der Waals surface area contributed by atoms with Crippen LogP contribution in [0.4, 0.5) is 23.4 Å². The van der Waals surface area contributed by atoms with Gasteiger partial charge in [0.15, 0.2) is 0 Å². The normalized spacial score (nSPS) is 19.4. The number of likely N-dealkylation sites (tertiary alicyclic amines) is 1. The highest BCUT2D eigenvalue weighted by Gasteiger charge is 2.43. The fourth-order valence-corrected chi connectivity index (χ4v) is 5.28. The Morgan fingerprint density at radius 3 is 2.67 bits per heavy atom. The second kappa shape index (κ2) is 9.97. The maximum atomic E-state index is 14.4. The summed E-state index contributed by atoms with van der Waals surface area (Å²) in [6.45, 7) is 4.48. The lowest BCUT2D eigenvalue weighted by atomic mass is 9.86. The zero-order chi connectivity index (χ0) is 27.9. The third kappa shape index (κ3) is 5.45. The van der Waals surface area contributed by atoms with Gasteiger partial charge in [-0.05, 0) is 56.9 Å². The van der Waals surface area contributed by atoms with E-state index < -0.39 is 18.1 Å². The maximum Gasteiger partial charge on any atom is 0.573 e. The second-order valence-corrected chi connectivity index (χ2v) is 9.94. The molecular weight excluding hydrogens is 518 g/mol. The van der Waals surface area contributed by atoms with E-state index in [-0.39, 0.29) is 28.6 Å². The Labute approximate surface area is 222 Å². The third-order valence-corrected chi connectivity index (χ3v) is 7.37. The molecule has 206 valence electrons. The topological polar surface area (TPSA) is 89.5 Å². The number of hydrogen-bond acceptors (Lipinski definition) is 7. The minimum Gasteiger partial charge on any atom is -0.481 e. The Morgan fingerprint density at radius 1 is 1.18 bits per heavy atom.